The summed E-state index contributed by atoms with van der Waals surface area (Å²) in [6, 6.07) is 8.36. The van der Waals surface area contributed by atoms with E-state index in [1.54, 1.807) is 12.3 Å². The van der Waals surface area contributed by atoms with Crippen molar-refractivity contribution in [3.63, 3.8) is 0 Å². The molecular weight excluding hydrogens is 441 g/mol. The van der Waals surface area contributed by atoms with Gasteiger partial charge in [0, 0.05) is 40.9 Å². The van der Waals surface area contributed by atoms with Crippen LogP contribution in [0.2, 0.25) is 0 Å². The molecule has 1 aromatic heterocycles. The molecule has 2 aromatic carbocycles. The van der Waals surface area contributed by atoms with Gasteiger partial charge in [0.2, 0.25) is 0 Å². The van der Waals surface area contributed by atoms with Crippen LogP contribution in [0, 0.1) is 12.7 Å². The van der Waals surface area contributed by atoms with Gasteiger partial charge in [-0.2, -0.15) is 4.36 Å². The van der Waals surface area contributed by atoms with Crippen LogP contribution in [0.1, 0.15) is 44.0 Å². The second-order valence-electron chi connectivity index (χ2n) is 9.52. The van der Waals surface area contributed by atoms with Crippen LogP contribution in [-0.2, 0) is 20.9 Å². The molecule has 8 heteroatoms. The van der Waals surface area contributed by atoms with E-state index in [0.29, 0.717) is 31.1 Å². The molecule has 3 aromatic rings. The zero-order valence-electron chi connectivity index (χ0n) is 19.7. The van der Waals surface area contributed by atoms with Crippen molar-refractivity contribution in [2.45, 2.75) is 51.4 Å². The smallest absolute Gasteiger partial charge is 0.126 e. The third-order valence-corrected chi connectivity index (χ3v) is 8.81. The van der Waals surface area contributed by atoms with Gasteiger partial charge in [-0.3, -0.25) is 0 Å². The van der Waals surface area contributed by atoms with E-state index in [1.165, 1.54) is 18.5 Å². The highest BCUT2D eigenvalue weighted by Gasteiger charge is 2.23. The maximum absolute atomic E-state index is 14.0. The normalized spacial score (nSPS) is 18.3. The van der Waals surface area contributed by atoms with Gasteiger partial charge in [0.15, 0.2) is 0 Å². The highest BCUT2D eigenvalue weighted by atomic mass is 32.2. The molecule has 0 bridgehead atoms. The van der Waals surface area contributed by atoms with E-state index in [2.05, 4.69) is 14.3 Å². The Kier molecular flexibility index (Phi) is 6.42. The molecular formula is C25H30FN3O3S. The van der Waals surface area contributed by atoms with Crippen molar-refractivity contribution in [2.24, 2.45) is 4.36 Å². The fraction of sp³-hybridized carbons (Fsp3) is 0.440. The molecule has 0 N–H and O–H groups in total. The predicted octanol–water partition coefficient (Wildman–Crippen LogP) is 5.36. The monoisotopic (exact) mass is 471 g/mol. The molecule has 0 aliphatic carbocycles. The lowest BCUT2D eigenvalue weighted by atomic mass is 10.0. The molecule has 176 valence electrons. The van der Waals surface area contributed by atoms with Crippen LogP contribution in [0.3, 0.4) is 0 Å². The largest absolute Gasteiger partial charge is 0.488 e. The number of benzene rings is 2. The minimum atomic E-state index is -2.45. The van der Waals surface area contributed by atoms with Crippen LogP contribution in [0.25, 0.3) is 10.9 Å². The SMILES string of the molecule is Cc1cc(N=S(C)(=O)C(C)(C)C)cc2ncnc(Cc3ccc(F)cc3O[C@H]3CCOC3)c12. The number of rotatable bonds is 5. The summed E-state index contributed by atoms with van der Waals surface area (Å²) in [5, 5.41) is 0.911. The zero-order chi connectivity index (χ0) is 23.8. The van der Waals surface area contributed by atoms with Crippen LogP contribution in [0.5, 0.6) is 5.75 Å². The average Bonchev–Trinajstić information content (AvgIpc) is 3.22. The number of fused-ring (bicyclic) bond motifs is 1. The molecule has 0 saturated carbocycles. The lowest BCUT2D eigenvalue weighted by Crippen LogP contribution is -2.25. The molecule has 6 nitrogen and oxygen atoms in total. The van der Waals surface area contributed by atoms with Gasteiger partial charge in [-0.05, 0) is 51.5 Å². The molecule has 2 atom stereocenters. The summed E-state index contributed by atoms with van der Waals surface area (Å²) in [7, 11) is -2.45. The first-order chi connectivity index (χ1) is 15.5. The van der Waals surface area contributed by atoms with Crippen LogP contribution < -0.4 is 4.74 Å². The Morgan fingerprint density at radius 2 is 2.03 bits per heavy atom. The highest BCUT2D eigenvalue weighted by Crippen LogP contribution is 2.32. The van der Waals surface area contributed by atoms with Gasteiger partial charge in [-0.15, -0.1) is 0 Å². The second kappa shape index (κ2) is 8.99. The summed E-state index contributed by atoms with van der Waals surface area (Å²) in [6.45, 7) is 8.90. The van der Waals surface area contributed by atoms with E-state index in [-0.39, 0.29) is 11.9 Å². The highest BCUT2D eigenvalue weighted by molar-refractivity contribution is 7.94. The Morgan fingerprint density at radius 1 is 1.24 bits per heavy atom. The molecule has 0 amide bonds. The summed E-state index contributed by atoms with van der Waals surface area (Å²) in [4.78, 5) is 8.97. The average molecular weight is 472 g/mol. The summed E-state index contributed by atoms with van der Waals surface area (Å²) >= 11 is 0. The fourth-order valence-electron chi connectivity index (χ4n) is 3.73. The van der Waals surface area contributed by atoms with Crippen LogP contribution >= 0.6 is 0 Å². The Bertz CT molecular complexity index is 1300. The summed E-state index contributed by atoms with van der Waals surface area (Å²) in [5.74, 6) is 0.169. The molecule has 2 heterocycles. The summed E-state index contributed by atoms with van der Waals surface area (Å²) < 4.78 is 42.6. The van der Waals surface area contributed by atoms with Crippen LogP contribution in [0.15, 0.2) is 41.0 Å². The van der Waals surface area contributed by atoms with Crippen LogP contribution in [0.4, 0.5) is 10.1 Å². The lowest BCUT2D eigenvalue weighted by Gasteiger charge is -2.20. The molecule has 1 aliphatic heterocycles. The number of halogens is 1. The Hall–Kier alpha value is -2.58. The number of hydrogen-bond donors (Lipinski definition) is 0. The number of aromatic nitrogens is 2. The fourth-order valence-corrected chi connectivity index (χ4v) is 4.51. The minimum absolute atomic E-state index is 0.0784. The Labute approximate surface area is 194 Å². The molecule has 4 rings (SSSR count). The van der Waals surface area contributed by atoms with Gasteiger partial charge in [-0.25, -0.2) is 18.6 Å². The van der Waals surface area contributed by atoms with Crippen molar-refractivity contribution in [3.05, 3.63) is 59.3 Å². The quantitative estimate of drug-likeness (QED) is 0.501. The van der Waals surface area contributed by atoms with Crippen molar-refractivity contribution in [3.8, 4) is 5.75 Å². The first-order valence-corrected chi connectivity index (χ1v) is 12.9. The second-order valence-corrected chi connectivity index (χ2v) is 12.5. The van der Waals surface area contributed by atoms with E-state index in [0.717, 1.165) is 34.1 Å². The van der Waals surface area contributed by atoms with Crippen LogP contribution in [-0.4, -0.2) is 44.5 Å². The van der Waals surface area contributed by atoms with E-state index < -0.39 is 14.5 Å². The van der Waals surface area contributed by atoms with E-state index in [4.69, 9.17) is 9.47 Å². The minimum Gasteiger partial charge on any atom is -0.488 e. The maximum Gasteiger partial charge on any atom is 0.126 e. The number of ether oxygens (including phenoxy) is 2. The van der Waals surface area contributed by atoms with Gasteiger partial charge in [0.25, 0.3) is 0 Å². The van der Waals surface area contributed by atoms with Crippen molar-refractivity contribution < 1.29 is 18.1 Å². The molecule has 0 radical (unpaired) electrons. The molecule has 1 aliphatic rings. The maximum atomic E-state index is 14.0. The number of hydrogen-bond acceptors (Lipinski definition) is 6. The standard InChI is InChI=1S/C25H30FN3O3S/c1-16-10-19(29-33(5,30)25(2,3)4)13-22-24(16)21(27-15-28-22)11-17-6-7-18(26)12-23(17)32-20-8-9-31-14-20/h6-7,10,12-13,15,20H,8-9,11,14H2,1-5H3/t20-,33?/m0/s1. The third-order valence-electron chi connectivity index (χ3n) is 5.98. The molecule has 1 unspecified atom stereocenters. The van der Waals surface area contributed by atoms with Crippen molar-refractivity contribution in [2.75, 3.05) is 19.5 Å². The van der Waals surface area contributed by atoms with Crippen molar-refractivity contribution in [1.82, 2.24) is 9.97 Å². The Morgan fingerprint density at radius 3 is 2.73 bits per heavy atom. The van der Waals surface area contributed by atoms with Gasteiger partial charge in [-0.1, -0.05) is 6.07 Å². The van der Waals surface area contributed by atoms with Gasteiger partial charge >= 0.3 is 0 Å². The van der Waals surface area contributed by atoms with Gasteiger partial charge < -0.3 is 9.47 Å². The zero-order valence-corrected chi connectivity index (χ0v) is 20.5. The Balaban J connectivity index is 1.73. The van der Waals surface area contributed by atoms with Crippen molar-refractivity contribution >= 4 is 26.3 Å². The predicted molar refractivity (Wildman–Crippen MR) is 129 cm³/mol. The number of aryl methyl sites for hydroxylation is 1. The van der Waals surface area contributed by atoms with Gasteiger partial charge in [0.1, 0.15) is 24.0 Å². The van der Waals surface area contributed by atoms with Crippen molar-refractivity contribution in [1.29, 1.82) is 0 Å². The first-order valence-electron chi connectivity index (χ1n) is 11.0. The third kappa shape index (κ3) is 5.17. The number of nitrogens with zero attached hydrogens (tertiary/aromatic N) is 3. The van der Waals surface area contributed by atoms with E-state index in [9.17, 15) is 8.60 Å². The molecule has 1 saturated heterocycles. The first kappa shape index (κ1) is 23.6. The molecule has 0 spiro atoms. The van der Waals surface area contributed by atoms with E-state index >= 15 is 0 Å². The lowest BCUT2D eigenvalue weighted by molar-refractivity contribution is 0.140. The van der Waals surface area contributed by atoms with E-state index in [1.807, 2.05) is 39.8 Å². The molecule has 33 heavy (non-hydrogen) atoms. The van der Waals surface area contributed by atoms with Gasteiger partial charge in [0.05, 0.1) is 39.8 Å². The summed E-state index contributed by atoms with van der Waals surface area (Å²) in [6.07, 6.45) is 4.37. The molecule has 1 fully saturated rings. The summed E-state index contributed by atoms with van der Waals surface area (Å²) in [5.41, 5.74) is 3.98. The topological polar surface area (TPSA) is 73.7 Å².